The molecular weight excluding hydrogens is 573 g/mol. The number of thioether (sulfide) groups is 1. The fourth-order valence-corrected chi connectivity index (χ4v) is 5.03. The highest BCUT2D eigenvalue weighted by molar-refractivity contribution is 9.10. The van der Waals surface area contributed by atoms with Crippen LogP contribution in [0.5, 0.6) is 0 Å². The Morgan fingerprint density at radius 1 is 1.11 bits per heavy atom. The lowest BCUT2D eigenvalue weighted by molar-refractivity contribution is -0.113. The predicted octanol–water partition coefficient (Wildman–Crippen LogP) is 6.36. The van der Waals surface area contributed by atoms with Crippen molar-refractivity contribution in [3.05, 3.63) is 67.4 Å². The van der Waals surface area contributed by atoms with Crippen LogP contribution in [0.4, 0.5) is 5.69 Å². The van der Waals surface area contributed by atoms with Gasteiger partial charge in [-0.1, -0.05) is 64.7 Å². The SMILES string of the molecule is Cc1c(Br)ccc(NC(=O)CSc2nnc([C@H](NC(=O)c3ccc(Cl)cc3Cl)C(C)C)n2C)c1C. The second-order valence-electron chi connectivity index (χ2n) is 8.40. The summed E-state index contributed by atoms with van der Waals surface area (Å²) >= 11 is 16.9. The molecule has 2 amide bonds. The Bertz CT molecular complexity index is 1260. The smallest absolute Gasteiger partial charge is 0.253 e. The number of hydrogen-bond acceptors (Lipinski definition) is 5. The number of rotatable bonds is 8. The maximum Gasteiger partial charge on any atom is 0.253 e. The van der Waals surface area contributed by atoms with E-state index in [4.69, 9.17) is 23.2 Å². The zero-order chi connectivity index (χ0) is 25.9. The van der Waals surface area contributed by atoms with Gasteiger partial charge in [0.25, 0.3) is 5.91 Å². The summed E-state index contributed by atoms with van der Waals surface area (Å²) in [5.41, 5.74) is 3.19. The van der Waals surface area contributed by atoms with Crippen molar-refractivity contribution < 1.29 is 9.59 Å². The van der Waals surface area contributed by atoms with E-state index in [-0.39, 0.29) is 28.5 Å². The lowest BCUT2D eigenvalue weighted by Crippen LogP contribution is -2.33. The van der Waals surface area contributed by atoms with Crippen molar-refractivity contribution >= 4 is 68.4 Å². The lowest BCUT2D eigenvalue weighted by atomic mass is 10.0. The minimum atomic E-state index is -0.414. The molecule has 0 aliphatic carbocycles. The molecule has 0 bridgehead atoms. The van der Waals surface area contributed by atoms with Crippen LogP contribution in [0.1, 0.15) is 47.2 Å². The van der Waals surface area contributed by atoms with E-state index >= 15 is 0 Å². The average molecular weight is 599 g/mol. The number of carbonyl (C=O) groups is 2. The van der Waals surface area contributed by atoms with Crippen molar-refractivity contribution in [2.24, 2.45) is 13.0 Å². The highest BCUT2D eigenvalue weighted by atomic mass is 79.9. The Labute approximate surface area is 227 Å². The maximum atomic E-state index is 12.9. The minimum Gasteiger partial charge on any atom is -0.342 e. The molecule has 3 rings (SSSR count). The summed E-state index contributed by atoms with van der Waals surface area (Å²) in [6.45, 7) is 7.92. The van der Waals surface area contributed by atoms with Crippen molar-refractivity contribution in [1.82, 2.24) is 20.1 Å². The van der Waals surface area contributed by atoms with Gasteiger partial charge in [-0.25, -0.2) is 0 Å². The molecule has 0 unspecified atom stereocenters. The molecule has 7 nitrogen and oxygen atoms in total. The van der Waals surface area contributed by atoms with E-state index in [2.05, 4.69) is 36.8 Å². The topological polar surface area (TPSA) is 88.9 Å². The quantitative estimate of drug-likeness (QED) is 0.295. The number of nitrogens with one attached hydrogen (secondary N) is 2. The molecule has 0 fully saturated rings. The first-order valence-corrected chi connectivity index (χ1v) is 13.4. The molecule has 1 heterocycles. The Morgan fingerprint density at radius 3 is 2.49 bits per heavy atom. The van der Waals surface area contributed by atoms with Crippen LogP contribution in [0, 0.1) is 19.8 Å². The first-order valence-electron chi connectivity index (χ1n) is 10.8. The molecule has 2 aromatic carbocycles. The monoisotopic (exact) mass is 597 g/mol. The Morgan fingerprint density at radius 2 is 1.83 bits per heavy atom. The number of anilines is 1. The van der Waals surface area contributed by atoms with Gasteiger partial charge < -0.3 is 15.2 Å². The fraction of sp³-hybridized carbons (Fsp3) is 0.333. The van der Waals surface area contributed by atoms with E-state index in [0.29, 0.717) is 21.6 Å². The summed E-state index contributed by atoms with van der Waals surface area (Å²) in [5.74, 6) is 0.301. The second kappa shape index (κ2) is 11.8. The molecule has 0 aliphatic rings. The molecule has 0 spiro atoms. The number of aromatic nitrogens is 3. The molecule has 3 aromatic rings. The highest BCUT2D eigenvalue weighted by Gasteiger charge is 2.26. The molecule has 186 valence electrons. The molecule has 0 radical (unpaired) electrons. The molecule has 0 saturated carbocycles. The zero-order valence-electron chi connectivity index (χ0n) is 19.9. The molecule has 35 heavy (non-hydrogen) atoms. The third-order valence-corrected chi connectivity index (χ3v) is 8.03. The molecule has 1 aromatic heterocycles. The van der Waals surface area contributed by atoms with E-state index in [9.17, 15) is 9.59 Å². The Kier molecular flexibility index (Phi) is 9.26. The predicted molar refractivity (Wildman–Crippen MR) is 145 cm³/mol. The third kappa shape index (κ3) is 6.58. The first kappa shape index (κ1) is 27.5. The lowest BCUT2D eigenvalue weighted by Gasteiger charge is -2.22. The van der Waals surface area contributed by atoms with E-state index in [1.54, 1.807) is 16.7 Å². The summed E-state index contributed by atoms with van der Waals surface area (Å²) in [4.78, 5) is 25.5. The van der Waals surface area contributed by atoms with Crippen LogP contribution in [0.25, 0.3) is 0 Å². The van der Waals surface area contributed by atoms with Crippen LogP contribution in [-0.4, -0.2) is 32.3 Å². The Balaban J connectivity index is 1.69. The largest absolute Gasteiger partial charge is 0.342 e. The van der Waals surface area contributed by atoms with E-state index in [1.807, 2.05) is 46.9 Å². The van der Waals surface area contributed by atoms with Gasteiger partial charge in [-0.05, 0) is 61.2 Å². The molecule has 0 aliphatic heterocycles. The molecule has 2 N–H and O–H groups in total. The number of halogens is 3. The van der Waals surface area contributed by atoms with Gasteiger partial charge in [-0.15, -0.1) is 10.2 Å². The van der Waals surface area contributed by atoms with Gasteiger partial charge in [0, 0.05) is 22.2 Å². The standard InChI is InChI=1S/C24H26BrCl2N5O2S/c1-12(2)21(29-23(34)16-7-6-15(26)10-18(16)27)22-30-31-24(32(22)5)35-11-20(33)28-19-9-8-17(25)13(3)14(19)4/h6-10,12,21H,11H2,1-5H3,(H,28,33)(H,29,34)/t21-/m1/s1. The minimum absolute atomic E-state index is 0.0256. The normalized spacial score (nSPS) is 12.0. The Hall–Kier alpha value is -2.07. The second-order valence-corrected chi connectivity index (χ2v) is 11.0. The van der Waals surface area contributed by atoms with Crippen LogP contribution >= 0.6 is 50.9 Å². The number of amides is 2. The van der Waals surface area contributed by atoms with Gasteiger partial charge in [0.1, 0.15) is 0 Å². The van der Waals surface area contributed by atoms with Crippen molar-refractivity contribution in [2.45, 2.75) is 38.9 Å². The van der Waals surface area contributed by atoms with E-state index in [0.717, 1.165) is 21.3 Å². The number of nitrogens with zero attached hydrogens (tertiary/aromatic N) is 3. The van der Waals surface area contributed by atoms with Crippen LogP contribution < -0.4 is 10.6 Å². The summed E-state index contributed by atoms with van der Waals surface area (Å²) in [6.07, 6.45) is 0. The molecule has 0 saturated heterocycles. The average Bonchev–Trinajstić information content (AvgIpc) is 3.16. The van der Waals surface area contributed by atoms with Gasteiger partial charge in [0.15, 0.2) is 11.0 Å². The van der Waals surface area contributed by atoms with Crippen LogP contribution in [0.15, 0.2) is 40.0 Å². The third-order valence-electron chi connectivity index (χ3n) is 5.60. The van der Waals surface area contributed by atoms with Crippen LogP contribution in [-0.2, 0) is 11.8 Å². The molecule has 1 atom stereocenters. The highest BCUT2D eigenvalue weighted by Crippen LogP contribution is 2.28. The van der Waals surface area contributed by atoms with Crippen molar-refractivity contribution in [1.29, 1.82) is 0 Å². The number of benzene rings is 2. The van der Waals surface area contributed by atoms with Crippen molar-refractivity contribution in [2.75, 3.05) is 11.1 Å². The maximum absolute atomic E-state index is 12.9. The van der Waals surface area contributed by atoms with Gasteiger partial charge in [0.05, 0.1) is 22.4 Å². The molecular formula is C24H26BrCl2N5O2S. The van der Waals surface area contributed by atoms with Gasteiger partial charge in [-0.2, -0.15) is 0 Å². The van der Waals surface area contributed by atoms with Gasteiger partial charge in [0.2, 0.25) is 5.91 Å². The first-order chi connectivity index (χ1) is 16.5. The summed E-state index contributed by atoms with van der Waals surface area (Å²) in [7, 11) is 1.81. The van der Waals surface area contributed by atoms with Gasteiger partial charge >= 0.3 is 0 Å². The zero-order valence-corrected chi connectivity index (χ0v) is 23.9. The van der Waals surface area contributed by atoms with Crippen LogP contribution in [0.2, 0.25) is 10.0 Å². The van der Waals surface area contributed by atoms with E-state index in [1.165, 1.54) is 17.8 Å². The van der Waals surface area contributed by atoms with Crippen LogP contribution in [0.3, 0.4) is 0 Å². The van der Waals surface area contributed by atoms with Crippen molar-refractivity contribution in [3.8, 4) is 0 Å². The van der Waals surface area contributed by atoms with Crippen molar-refractivity contribution in [3.63, 3.8) is 0 Å². The summed E-state index contributed by atoms with van der Waals surface area (Å²) in [6, 6.07) is 8.11. The number of hydrogen-bond donors (Lipinski definition) is 2. The van der Waals surface area contributed by atoms with E-state index < -0.39 is 6.04 Å². The molecule has 11 heteroatoms. The summed E-state index contributed by atoms with van der Waals surface area (Å²) < 4.78 is 2.79. The fourth-order valence-electron chi connectivity index (χ4n) is 3.38. The number of carbonyl (C=O) groups excluding carboxylic acids is 2. The summed E-state index contributed by atoms with van der Waals surface area (Å²) in [5, 5.41) is 15.8. The van der Waals surface area contributed by atoms with Gasteiger partial charge in [-0.3, -0.25) is 9.59 Å².